The molecule has 2 N–H and O–H groups in total. The number of H-pyrrole nitrogens is 1. The summed E-state index contributed by atoms with van der Waals surface area (Å²) in [6.45, 7) is 0.603. The zero-order chi connectivity index (χ0) is 17.9. The van der Waals surface area contributed by atoms with Crippen molar-refractivity contribution < 1.29 is 4.92 Å². The molecule has 0 aliphatic rings. The summed E-state index contributed by atoms with van der Waals surface area (Å²) in [7, 11) is 0. The van der Waals surface area contributed by atoms with E-state index >= 15 is 0 Å². The van der Waals surface area contributed by atoms with Crippen LogP contribution >= 0.6 is 0 Å². The van der Waals surface area contributed by atoms with E-state index in [2.05, 4.69) is 25.3 Å². The summed E-state index contributed by atoms with van der Waals surface area (Å²) in [5.74, 6) is 0.694. The van der Waals surface area contributed by atoms with Crippen LogP contribution in [0.4, 0.5) is 11.5 Å². The monoisotopic (exact) mass is 346 g/mol. The molecular weight excluding hydrogens is 332 g/mol. The number of pyridine rings is 1. The van der Waals surface area contributed by atoms with Gasteiger partial charge in [0.1, 0.15) is 17.8 Å². The van der Waals surface area contributed by atoms with Gasteiger partial charge in [-0.25, -0.2) is 9.97 Å². The molecule has 0 amide bonds. The van der Waals surface area contributed by atoms with Crippen LogP contribution in [0.5, 0.6) is 0 Å². The maximum atomic E-state index is 11.0. The highest BCUT2D eigenvalue weighted by atomic mass is 16.6. The van der Waals surface area contributed by atoms with Gasteiger partial charge in [0, 0.05) is 42.3 Å². The normalized spacial score (nSPS) is 10.8. The van der Waals surface area contributed by atoms with Crippen molar-refractivity contribution in [2.75, 3.05) is 5.32 Å². The van der Waals surface area contributed by atoms with Crippen LogP contribution in [-0.2, 0) is 6.54 Å². The number of rotatable bonds is 5. The first kappa shape index (κ1) is 15.7. The maximum absolute atomic E-state index is 11.0. The quantitative estimate of drug-likeness (QED) is 0.422. The van der Waals surface area contributed by atoms with Crippen LogP contribution < -0.4 is 5.32 Å². The molecule has 1 aromatic carbocycles. The SMILES string of the molecule is O=[N+]([O-])c1cccc(-c2cc3c(NCc4ccncc4)ncnc3[nH]2)c1. The van der Waals surface area contributed by atoms with Crippen LogP contribution in [0.15, 0.2) is 61.2 Å². The van der Waals surface area contributed by atoms with Gasteiger partial charge in [0.05, 0.1) is 10.3 Å². The Balaban J connectivity index is 1.67. The van der Waals surface area contributed by atoms with E-state index in [1.807, 2.05) is 24.3 Å². The van der Waals surface area contributed by atoms with Crippen LogP contribution in [-0.4, -0.2) is 24.9 Å². The number of non-ortho nitro benzene ring substituents is 1. The number of aromatic nitrogens is 4. The van der Waals surface area contributed by atoms with E-state index in [0.29, 0.717) is 18.0 Å². The summed E-state index contributed by atoms with van der Waals surface area (Å²) in [4.78, 5) is 26.3. The number of anilines is 1. The second-order valence-electron chi connectivity index (χ2n) is 5.68. The summed E-state index contributed by atoms with van der Waals surface area (Å²) in [6.07, 6.45) is 4.96. The first-order valence-corrected chi connectivity index (χ1v) is 7.92. The lowest BCUT2D eigenvalue weighted by Gasteiger charge is -2.05. The largest absolute Gasteiger partial charge is 0.365 e. The summed E-state index contributed by atoms with van der Waals surface area (Å²) in [6, 6.07) is 12.2. The number of hydrogen-bond donors (Lipinski definition) is 2. The second-order valence-corrected chi connectivity index (χ2v) is 5.68. The van der Waals surface area contributed by atoms with Gasteiger partial charge in [0.25, 0.3) is 5.69 Å². The second kappa shape index (κ2) is 6.60. The van der Waals surface area contributed by atoms with Crippen LogP contribution in [0.3, 0.4) is 0 Å². The highest BCUT2D eigenvalue weighted by molar-refractivity contribution is 5.91. The summed E-state index contributed by atoms with van der Waals surface area (Å²) < 4.78 is 0. The standard InChI is InChI=1S/C18H14N6O2/c25-24(26)14-3-1-2-13(8-14)16-9-15-17(21-11-22-18(15)23-16)20-10-12-4-6-19-7-5-12/h1-9,11H,10H2,(H2,20,21,22,23). The van der Waals surface area contributed by atoms with Crippen LogP contribution in [0.2, 0.25) is 0 Å². The van der Waals surface area contributed by atoms with E-state index in [-0.39, 0.29) is 5.69 Å². The van der Waals surface area contributed by atoms with Gasteiger partial charge < -0.3 is 10.3 Å². The van der Waals surface area contributed by atoms with Gasteiger partial charge in [-0.05, 0) is 23.8 Å². The fraction of sp³-hybridized carbons (Fsp3) is 0.0556. The molecule has 0 bridgehead atoms. The zero-order valence-corrected chi connectivity index (χ0v) is 13.6. The minimum Gasteiger partial charge on any atom is -0.365 e. The Morgan fingerprint density at radius 3 is 2.77 bits per heavy atom. The molecule has 0 spiro atoms. The molecule has 3 heterocycles. The fourth-order valence-corrected chi connectivity index (χ4v) is 2.71. The van der Waals surface area contributed by atoms with Crippen molar-refractivity contribution >= 4 is 22.5 Å². The van der Waals surface area contributed by atoms with Gasteiger partial charge in [-0.2, -0.15) is 0 Å². The lowest BCUT2D eigenvalue weighted by atomic mass is 10.1. The number of nitro groups is 1. The highest BCUT2D eigenvalue weighted by Gasteiger charge is 2.12. The molecule has 4 rings (SSSR count). The topological polar surface area (TPSA) is 110 Å². The molecule has 0 fully saturated rings. The van der Waals surface area contributed by atoms with Crippen molar-refractivity contribution in [2.45, 2.75) is 6.54 Å². The number of aromatic amines is 1. The molecule has 0 radical (unpaired) electrons. The molecule has 0 saturated heterocycles. The average Bonchev–Trinajstić information content (AvgIpc) is 3.12. The zero-order valence-electron chi connectivity index (χ0n) is 13.6. The Morgan fingerprint density at radius 1 is 1.12 bits per heavy atom. The van der Waals surface area contributed by atoms with Gasteiger partial charge in [-0.3, -0.25) is 15.1 Å². The average molecular weight is 346 g/mol. The number of nitrogens with one attached hydrogen (secondary N) is 2. The Bertz CT molecular complexity index is 1080. The molecule has 3 aromatic heterocycles. The molecule has 4 aromatic rings. The number of nitrogens with zero attached hydrogens (tertiary/aromatic N) is 4. The predicted molar refractivity (Wildman–Crippen MR) is 97.5 cm³/mol. The Hall–Kier alpha value is -3.81. The summed E-state index contributed by atoms with van der Waals surface area (Å²) in [5, 5.41) is 15.1. The van der Waals surface area contributed by atoms with Crippen molar-refractivity contribution in [1.29, 1.82) is 0 Å². The van der Waals surface area contributed by atoms with Crippen molar-refractivity contribution in [3.05, 3.63) is 76.9 Å². The van der Waals surface area contributed by atoms with E-state index in [1.165, 1.54) is 18.5 Å². The summed E-state index contributed by atoms with van der Waals surface area (Å²) in [5.41, 5.74) is 3.26. The van der Waals surface area contributed by atoms with Gasteiger partial charge >= 0.3 is 0 Å². The van der Waals surface area contributed by atoms with Crippen molar-refractivity contribution in [3.8, 4) is 11.3 Å². The molecule has 8 heteroatoms. The number of benzene rings is 1. The molecule has 0 atom stereocenters. The molecule has 0 aliphatic heterocycles. The Kier molecular flexibility index (Phi) is 3.98. The third kappa shape index (κ3) is 3.07. The Morgan fingerprint density at radius 2 is 1.96 bits per heavy atom. The molecule has 0 aliphatic carbocycles. The lowest BCUT2D eigenvalue weighted by molar-refractivity contribution is -0.384. The van der Waals surface area contributed by atoms with Crippen molar-refractivity contribution in [1.82, 2.24) is 19.9 Å². The highest BCUT2D eigenvalue weighted by Crippen LogP contribution is 2.28. The molecule has 8 nitrogen and oxygen atoms in total. The molecule has 128 valence electrons. The Labute approximate surface area is 148 Å². The first-order chi connectivity index (χ1) is 12.7. The van der Waals surface area contributed by atoms with Gasteiger partial charge in [-0.1, -0.05) is 12.1 Å². The third-order valence-corrected chi connectivity index (χ3v) is 4.00. The fourth-order valence-electron chi connectivity index (χ4n) is 2.71. The molecule has 26 heavy (non-hydrogen) atoms. The lowest BCUT2D eigenvalue weighted by Crippen LogP contribution is -2.02. The molecular formula is C18H14N6O2. The smallest absolute Gasteiger partial charge is 0.270 e. The van der Waals surface area contributed by atoms with E-state index in [4.69, 9.17) is 0 Å². The van der Waals surface area contributed by atoms with E-state index < -0.39 is 4.92 Å². The van der Waals surface area contributed by atoms with Gasteiger partial charge in [0.2, 0.25) is 0 Å². The van der Waals surface area contributed by atoms with Gasteiger partial charge in [-0.15, -0.1) is 0 Å². The van der Waals surface area contributed by atoms with Crippen LogP contribution in [0, 0.1) is 10.1 Å². The first-order valence-electron chi connectivity index (χ1n) is 7.92. The van der Waals surface area contributed by atoms with Gasteiger partial charge in [0.15, 0.2) is 0 Å². The summed E-state index contributed by atoms with van der Waals surface area (Å²) >= 11 is 0. The number of hydrogen-bond acceptors (Lipinski definition) is 6. The minimum atomic E-state index is -0.409. The van der Waals surface area contributed by atoms with E-state index in [0.717, 1.165) is 22.2 Å². The van der Waals surface area contributed by atoms with Crippen LogP contribution in [0.25, 0.3) is 22.3 Å². The molecule has 0 unspecified atom stereocenters. The maximum Gasteiger partial charge on any atom is 0.270 e. The molecule has 0 saturated carbocycles. The number of fused-ring (bicyclic) bond motifs is 1. The number of nitro benzene ring substituents is 1. The van der Waals surface area contributed by atoms with E-state index in [9.17, 15) is 10.1 Å². The van der Waals surface area contributed by atoms with Crippen LogP contribution in [0.1, 0.15) is 5.56 Å². The van der Waals surface area contributed by atoms with Crippen molar-refractivity contribution in [2.24, 2.45) is 0 Å². The van der Waals surface area contributed by atoms with E-state index in [1.54, 1.807) is 18.5 Å². The minimum absolute atomic E-state index is 0.0447. The van der Waals surface area contributed by atoms with Crippen molar-refractivity contribution in [3.63, 3.8) is 0 Å². The third-order valence-electron chi connectivity index (χ3n) is 4.00. The predicted octanol–water partition coefficient (Wildman–Crippen LogP) is 3.54.